The number of benzene rings is 4. The van der Waals surface area contributed by atoms with Crippen molar-refractivity contribution >= 4 is 17.9 Å². The van der Waals surface area contributed by atoms with Gasteiger partial charge in [0.15, 0.2) is 0 Å². The molecule has 0 aliphatic rings. The molecule has 160 valence electrons. The molecule has 0 aliphatic heterocycles. The van der Waals surface area contributed by atoms with Gasteiger partial charge in [-0.25, -0.2) is 4.79 Å². The molecular formula is C29H21NO3. The van der Waals surface area contributed by atoms with Crippen molar-refractivity contribution < 1.29 is 14.3 Å². The predicted octanol–water partition coefficient (Wildman–Crippen LogP) is 6.06. The van der Waals surface area contributed by atoms with Gasteiger partial charge in [-0.3, -0.25) is 4.99 Å². The Kier molecular flexibility index (Phi) is 6.95. The highest BCUT2D eigenvalue weighted by atomic mass is 16.5. The maximum absolute atomic E-state index is 12.3. The van der Waals surface area contributed by atoms with Crippen molar-refractivity contribution in [1.82, 2.24) is 0 Å². The maximum Gasteiger partial charge on any atom is 0.343 e. The number of nitrogens with zero attached hydrogens (tertiary/aromatic N) is 1. The van der Waals surface area contributed by atoms with Crippen LogP contribution in [0.25, 0.3) is 0 Å². The van der Waals surface area contributed by atoms with E-state index < -0.39 is 5.97 Å². The first-order valence-electron chi connectivity index (χ1n) is 10.4. The smallest absolute Gasteiger partial charge is 0.343 e. The van der Waals surface area contributed by atoms with Crippen molar-refractivity contribution in [2.45, 2.75) is 0 Å². The number of carbonyl (C=O) groups is 1. The summed E-state index contributed by atoms with van der Waals surface area (Å²) < 4.78 is 10.5. The standard InChI is InChI=1S/C29H21NO3/c1-32-27-19-15-25(16-20-27)29(31)33-28-17-13-23(14-18-28)8-7-22-9-11-24(12-10-22)21-30-26-5-3-2-4-6-26/h2-6,9-21H,1H3. The molecule has 0 radical (unpaired) electrons. The second-order valence-corrected chi connectivity index (χ2v) is 7.11. The summed E-state index contributed by atoms with van der Waals surface area (Å²) in [5, 5.41) is 0. The highest BCUT2D eigenvalue weighted by Crippen LogP contribution is 2.16. The summed E-state index contributed by atoms with van der Waals surface area (Å²) >= 11 is 0. The normalized spacial score (nSPS) is 10.3. The number of ether oxygens (including phenoxy) is 2. The van der Waals surface area contributed by atoms with E-state index >= 15 is 0 Å². The topological polar surface area (TPSA) is 47.9 Å². The monoisotopic (exact) mass is 431 g/mol. The van der Waals surface area contributed by atoms with Crippen LogP contribution in [0, 0.1) is 11.8 Å². The summed E-state index contributed by atoms with van der Waals surface area (Å²) in [6.45, 7) is 0. The molecule has 0 heterocycles. The number of methoxy groups -OCH3 is 1. The van der Waals surface area contributed by atoms with Crippen molar-refractivity contribution in [3.8, 4) is 23.3 Å². The molecule has 4 aromatic rings. The van der Waals surface area contributed by atoms with Crippen molar-refractivity contribution in [3.63, 3.8) is 0 Å². The van der Waals surface area contributed by atoms with E-state index in [2.05, 4.69) is 16.8 Å². The summed E-state index contributed by atoms with van der Waals surface area (Å²) in [5.41, 5.74) is 4.11. The molecule has 4 rings (SSSR count). The Labute approximate surface area is 193 Å². The molecule has 0 spiro atoms. The third-order valence-electron chi connectivity index (χ3n) is 4.77. The summed E-state index contributed by atoms with van der Waals surface area (Å²) in [7, 11) is 1.58. The third kappa shape index (κ3) is 6.19. The molecule has 0 atom stereocenters. The SMILES string of the molecule is COc1ccc(C(=O)Oc2ccc(C#Cc3ccc(C=Nc4ccccc4)cc3)cc2)cc1. The average Bonchev–Trinajstić information content (AvgIpc) is 2.88. The van der Waals surface area contributed by atoms with Crippen LogP contribution < -0.4 is 9.47 Å². The van der Waals surface area contributed by atoms with E-state index in [9.17, 15) is 4.79 Å². The summed E-state index contributed by atoms with van der Waals surface area (Å²) in [6, 6.07) is 31.6. The number of rotatable bonds is 5. The molecule has 0 unspecified atom stereocenters. The molecule has 0 saturated carbocycles. The van der Waals surface area contributed by atoms with E-state index in [4.69, 9.17) is 9.47 Å². The number of hydrogen-bond acceptors (Lipinski definition) is 4. The van der Waals surface area contributed by atoms with Gasteiger partial charge >= 0.3 is 5.97 Å². The van der Waals surface area contributed by atoms with Crippen molar-refractivity contribution in [1.29, 1.82) is 0 Å². The third-order valence-corrected chi connectivity index (χ3v) is 4.77. The lowest BCUT2D eigenvalue weighted by atomic mass is 10.1. The Morgan fingerprint density at radius 1 is 0.727 bits per heavy atom. The maximum atomic E-state index is 12.3. The van der Waals surface area contributed by atoms with Crippen molar-refractivity contribution in [2.75, 3.05) is 7.11 Å². The Balaban J connectivity index is 1.35. The van der Waals surface area contributed by atoms with E-state index in [0.29, 0.717) is 17.1 Å². The number of aliphatic imine (C=N–C) groups is 1. The predicted molar refractivity (Wildman–Crippen MR) is 131 cm³/mol. The van der Waals surface area contributed by atoms with E-state index in [1.807, 2.05) is 72.9 Å². The summed E-state index contributed by atoms with van der Waals surface area (Å²) in [5.74, 6) is 6.99. The fourth-order valence-corrected chi connectivity index (χ4v) is 2.96. The van der Waals surface area contributed by atoms with Crippen LogP contribution in [0.3, 0.4) is 0 Å². The Morgan fingerprint density at radius 3 is 1.91 bits per heavy atom. The van der Waals surface area contributed by atoms with Gasteiger partial charge in [0.25, 0.3) is 0 Å². The molecule has 4 nitrogen and oxygen atoms in total. The van der Waals surface area contributed by atoms with Gasteiger partial charge in [-0.15, -0.1) is 0 Å². The molecule has 0 N–H and O–H groups in total. The fourth-order valence-electron chi connectivity index (χ4n) is 2.96. The zero-order valence-corrected chi connectivity index (χ0v) is 18.1. The van der Waals surface area contributed by atoms with E-state index in [1.54, 1.807) is 43.5 Å². The first kappa shape index (κ1) is 21.6. The molecule has 33 heavy (non-hydrogen) atoms. The van der Waals surface area contributed by atoms with Gasteiger partial charge in [-0.2, -0.15) is 0 Å². The second-order valence-electron chi connectivity index (χ2n) is 7.11. The Morgan fingerprint density at radius 2 is 1.30 bits per heavy atom. The number of hydrogen-bond donors (Lipinski definition) is 0. The van der Waals surface area contributed by atoms with Gasteiger partial charge in [0.2, 0.25) is 0 Å². The molecule has 0 amide bonds. The quantitative estimate of drug-likeness (QED) is 0.167. The first-order valence-corrected chi connectivity index (χ1v) is 10.4. The number of carbonyl (C=O) groups excluding carboxylic acids is 1. The molecule has 0 bridgehead atoms. The zero-order chi connectivity index (χ0) is 22.9. The van der Waals surface area contributed by atoms with Crippen molar-refractivity contribution in [2.24, 2.45) is 4.99 Å². The molecule has 0 aromatic heterocycles. The largest absolute Gasteiger partial charge is 0.497 e. The van der Waals surface area contributed by atoms with Crippen LogP contribution in [-0.2, 0) is 0 Å². The van der Waals surface area contributed by atoms with Crippen LogP contribution in [0.1, 0.15) is 27.0 Å². The Hall–Kier alpha value is -4.62. The summed E-state index contributed by atoms with van der Waals surface area (Å²) in [4.78, 5) is 16.7. The van der Waals surface area contributed by atoms with Crippen LogP contribution in [0.2, 0.25) is 0 Å². The number of esters is 1. The highest BCUT2D eigenvalue weighted by molar-refractivity contribution is 5.91. The average molecular weight is 431 g/mol. The Bertz CT molecular complexity index is 1300. The van der Waals surface area contributed by atoms with Gasteiger partial charge in [-0.05, 0) is 78.4 Å². The lowest BCUT2D eigenvalue weighted by Gasteiger charge is -2.05. The minimum absolute atomic E-state index is 0.424. The zero-order valence-electron chi connectivity index (χ0n) is 18.1. The molecular weight excluding hydrogens is 410 g/mol. The lowest BCUT2D eigenvalue weighted by Crippen LogP contribution is -2.08. The van der Waals surface area contributed by atoms with Crippen LogP contribution in [0.5, 0.6) is 11.5 Å². The lowest BCUT2D eigenvalue weighted by molar-refractivity contribution is 0.0734. The molecule has 4 heteroatoms. The molecule has 0 saturated heterocycles. The highest BCUT2D eigenvalue weighted by Gasteiger charge is 2.08. The fraction of sp³-hybridized carbons (Fsp3) is 0.0345. The van der Waals surface area contributed by atoms with Gasteiger partial charge < -0.3 is 9.47 Å². The molecule has 0 aliphatic carbocycles. The van der Waals surface area contributed by atoms with Crippen LogP contribution >= 0.6 is 0 Å². The van der Waals surface area contributed by atoms with Gasteiger partial charge in [0.1, 0.15) is 11.5 Å². The van der Waals surface area contributed by atoms with Gasteiger partial charge in [-0.1, -0.05) is 42.2 Å². The summed E-state index contributed by atoms with van der Waals surface area (Å²) in [6.07, 6.45) is 1.83. The van der Waals surface area contributed by atoms with E-state index in [0.717, 1.165) is 22.4 Å². The van der Waals surface area contributed by atoms with Gasteiger partial charge in [0.05, 0.1) is 18.4 Å². The number of para-hydroxylation sites is 1. The van der Waals surface area contributed by atoms with Gasteiger partial charge in [0, 0.05) is 17.3 Å². The van der Waals surface area contributed by atoms with Crippen LogP contribution in [-0.4, -0.2) is 19.3 Å². The van der Waals surface area contributed by atoms with Crippen LogP contribution in [0.4, 0.5) is 5.69 Å². The minimum Gasteiger partial charge on any atom is -0.497 e. The minimum atomic E-state index is -0.424. The first-order chi connectivity index (χ1) is 16.2. The molecule has 4 aromatic carbocycles. The second kappa shape index (κ2) is 10.6. The molecule has 0 fully saturated rings. The van der Waals surface area contributed by atoms with E-state index in [1.165, 1.54) is 0 Å². The van der Waals surface area contributed by atoms with E-state index in [-0.39, 0.29) is 0 Å². The van der Waals surface area contributed by atoms with Crippen LogP contribution in [0.15, 0.2) is 108 Å². The van der Waals surface area contributed by atoms with Crippen molar-refractivity contribution in [3.05, 3.63) is 125 Å².